The SMILES string of the molecule is CCNc1cc(N2CCN(C(=O)c3ccc(OC(F)(F)F)cc3)CC2)nc(C)n1. The molecule has 0 unspecified atom stereocenters. The number of benzene rings is 1. The zero-order valence-electron chi connectivity index (χ0n) is 16.2. The third-order valence-electron chi connectivity index (χ3n) is 4.41. The Bertz CT molecular complexity index is 850. The molecule has 0 atom stereocenters. The summed E-state index contributed by atoms with van der Waals surface area (Å²) in [5, 5.41) is 3.17. The van der Waals surface area contributed by atoms with Crippen LogP contribution in [0.2, 0.25) is 0 Å². The quantitative estimate of drug-likeness (QED) is 0.819. The summed E-state index contributed by atoms with van der Waals surface area (Å²) in [6, 6.07) is 6.84. The van der Waals surface area contributed by atoms with Crippen molar-refractivity contribution >= 4 is 17.5 Å². The van der Waals surface area contributed by atoms with E-state index in [2.05, 4.69) is 24.9 Å². The van der Waals surface area contributed by atoms with Gasteiger partial charge in [-0.15, -0.1) is 13.2 Å². The maximum Gasteiger partial charge on any atom is 0.573 e. The van der Waals surface area contributed by atoms with E-state index in [0.717, 1.165) is 30.3 Å². The largest absolute Gasteiger partial charge is 0.573 e. The Morgan fingerprint density at radius 3 is 2.38 bits per heavy atom. The fourth-order valence-corrected chi connectivity index (χ4v) is 3.11. The lowest BCUT2D eigenvalue weighted by molar-refractivity contribution is -0.274. The number of aryl methyl sites for hydroxylation is 1. The molecule has 2 aromatic rings. The molecular weight excluding hydrogens is 387 g/mol. The van der Waals surface area contributed by atoms with Crippen LogP contribution >= 0.6 is 0 Å². The number of hydrogen-bond donors (Lipinski definition) is 1. The molecule has 1 aliphatic heterocycles. The van der Waals surface area contributed by atoms with Crippen LogP contribution in [0.5, 0.6) is 5.75 Å². The molecule has 1 aromatic heterocycles. The predicted molar refractivity (Wildman–Crippen MR) is 102 cm³/mol. The van der Waals surface area contributed by atoms with Gasteiger partial charge < -0.3 is 19.9 Å². The van der Waals surface area contributed by atoms with E-state index in [9.17, 15) is 18.0 Å². The number of amides is 1. The van der Waals surface area contributed by atoms with Crippen LogP contribution in [0.25, 0.3) is 0 Å². The van der Waals surface area contributed by atoms with Gasteiger partial charge in [0.15, 0.2) is 0 Å². The van der Waals surface area contributed by atoms with E-state index in [4.69, 9.17) is 0 Å². The Kier molecular flexibility index (Phi) is 6.09. The smallest absolute Gasteiger partial charge is 0.406 e. The van der Waals surface area contributed by atoms with Crippen molar-refractivity contribution in [1.29, 1.82) is 0 Å². The maximum absolute atomic E-state index is 12.6. The Labute approximate surface area is 166 Å². The Morgan fingerprint density at radius 1 is 1.14 bits per heavy atom. The van der Waals surface area contributed by atoms with E-state index < -0.39 is 6.36 Å². The average molecular weight is 409 g/mol. The highest BCUT2D eigenvalue weighted by molar-refractivity contribution is 5.94. The highest BCUT2D eigenvalue weighted by atomic mass is 19.4. The van der Waals surface area contributed by atoms with Gasteiger partial charge in [-0.2, -0.15) is 0 Å². The first-order chi connectivity index (χ1) is 13.7. The van der Waals surface area contributed by atoms with Gasteiger partial charge in [0.05, 0.1) is 0 Å². The topological polar surface area (TPSA) is 70.6 Å². The molecule has 1 N–H and O–H groups in total. The molecule has 10 heteroatoms. The fourth-order valence-electron chi connectivity index (χ4n) is 3.11. The van der Waals surface area contributed by atoms with Crippen LogP contribution in [0.3, 0.4) is 0 Å². The molecule has 0 bridgehead atoms. The molecular formula is C19H22F3N5O2. The molecule has 7 nitrogen and oxygen atoms in total. The Hall–Kier alpha value is -3.04. The molecule has 1 aliphatic rings. The first-order valence-corrected chi connectivity index (χ1v) is 9.25. The lowest BCUT2D eigenvalue weighted by Gasteiger charge is -2.35. The van der Waals surface area contributed by atoms with Gasteiger partial charge in [0, 0.05) is 44.4 Å². The number of hydrogen-bond acceptors (Lipinski definition) is 6. The van der Waals surface area contributed by atoms with Gasteiger partial charge in [-0.1, -0.05) is 0 Å². The summed E-state index contributed by atoms with van der Waals surface area (Å²) >= 11 is 0. The van der Waals surface area contributed by atoms with Gasteiger partial charge in [-0.3, -0.25) is 4.79 Å². The van der Waals surface area contributed by atoms with Gasteiger partial charge in [0.1, 0.15) is 23.2 Å². The number of alkyl halides is 3. The van der Waals surface area contributed by atoms with E-state index in [0.29, 0.717) is 37.6 Å². The monoisotopic (exact) mass is 409 g/mol. The second-order valence-electron chi connectivity index (χ2n) is 6.54. The molecule has 29 heavy (non-hydrogen) atoms. The van der Waals surface area contributed by atoms with Gasteiger partial charge in [-0.05, 0) is 38.1 Å². The molecule has 0 radical (unpaired) electrons. The second-order valence-corrected chi connectivity index (χ2v) is 6.54. The minimum absolute atomic E-state index is 0.226. The van der Waals surface area contributed by atoms with Crippen molar-refractivity contribution in [2.75, 3.05) is 42.9 Å². The van der Waals surface area contributed by atoms with Gasteiger partial charge in [-0.25, -0.2) is 9.97 Å². The minimum atomic E-state index is -4.76. The summed E-state index contributed by atoms with van der Waals surface area (Å²) in [5.74, 6) is 1.65. The van der Waals surface area contributed by atoms with E-state index in [1.54, 1.807) is 4.90 Å². The standard InChI is InChI=1S/C19H22F3N5O2/c1-3-23-16-12-17(25-13(2)24-16)26-8-10-27(11-9-26)18(28)14-4-6-15(7-5-14)29-19(20,21)22/h4-7,12H,3,8-11H2,1-2H3,(H,23,24,25). The van der Waals surface area contributed by atoms with Crippen LogP contribution in [-0.2, 0) is 0 Å². The lowest BCUT2D eigenvalue weighted by Crippen LogP contribution is -2.49. The van der Waals surface area contributed by atoms with Crippen LogP contribution in [0, 0.1) is 6.92 Å². The number of rotatable bonds is 5. The predicted octanol–water partition coefficient (Wildman–Crippen LogP) is 3.08. The zero-order valence-corrected chi connectivity index (χ0v) is 16.2. The van der Waals surface area contributed by atoms with E-state index in [-0.39, 0.29) is 11.7 Å². The van der Waals surface area contributed by atoms with E-state index in [1.165, 1.54) is 12.1 Å². The molecule has 0 saturated carbocycles. The van der Waals surface area contributed by atoms with Crippen molar-refractivity contribution < 1.29 is 22.7 Å². The van der Waals surface area contributed by atoms with E-state index >= 15 is 0 Å². The van der Waals surface area contributed by atoms with Crippen molar-refractivity contribution in [1.82, 2.24) is 14.9 Å². The molecule has 2 heterocycles. The maximum atomic E-state index is 12.6. The third kappa shape index (κ3) is 5.49. The Morgan fingerprint density at radius 2 is 1.79 bits per heavy atom. The first-order valence-electron chi connectivity index (χ1n) is 9.25. The lowest BCUT2D eigenvalue weighted by atomic mass is 10.1. The highest BCUT2D eigenvalue weighted by Gasteiger charge is 2.31. The number of piperazine rings is 1. The molecule has 1 amide bonds. The number of anilines is 2. The normalized spacial score (nSPS) is 14.7. The minimum Gasteiger partial charge on any atom is -0.406 e. The number of carbonyl (C=O) groups is 1. The zero-order chi connectivity index (χ0) is 21.0. The van der Waals surface area contributed by atoms with Crippen LogP contribution in [0.4, 0.5) is 24.8 Å². The van der Waals surface area contributed by atoms with Crippen molar-refractivity contribution in [2.45, 2.75) is 20.2 Å². The summed E-state index contributed by atoms with van der Waals surface area (Å²) in [5.41, 5.74) is 0.320. The summed E-state index contributed by atoms with van der Waals surface area (Å²) in [6.45, 7) is 6.75. The van der Waals surface area contributed by atoms with Crippen LogP contribution < -0.4 is 15.0 Å². The molecule has 156 valence electrons. The fraction of sp³-hybridized carbons (Fsp3) is 0.421. The van der Waals surface area contributed by atoms with Crippen molar-refractivity contribution in [3.63, 3.8) is 0 Å². The van der Waals surface area contributed by atoms with Gasteiger partial charge >= 0.3 is 6.36 Å². The van der Waals surface area contributed by atoms with Crippen molar-refractivity contribution in [3.8, 4) is 5.75 Å². The van der Waals surface area contributed by atoms with E-state index in [1.807, 2.05) is 19.9 Å². The number of ether oxygens (including phenoxy) is 1. The molecule has 1 fully saturated rings. The Balaban J connectivity index is 1.61. The molecule has 0 spiro atoms. The third-order valence-corrected chi connectivity index (χ3v) is 4.41. The molecule has 0 aliphatic carbocycles. The van der Waals surface area contributed by atoms with Crippen LogP contribution in [-0.4, -0.2) is 59.9 Å². The highest BCUT2D eigenvalue weighted by Crippen LogP contribution is 2.23. The summed E-state index contributed by atoms with van der Waals surface area (Å²) in [6.07, 6.45) is -4.76. The molecule has 1 saturated heterocycles. The number of halogens is 3. The second kappa shape index (κ2) is 8.54. The van der Waals surface area contributed by atoms with Crippen LogP contribution in [0.1, 0.15) is 23.1 Å². The average Bonchev–Trinajstić information content (AvgIpc) is 2.67. The molecule has 1 aromatic carbocycles. The number of nitrogens with one attached hydrogen (secondary N) is 1. The van der Waals surface area contributed by atoms with Gasteiger partial charge in [0.2, 0.25) is 0 Å². The van der Waals surface area contributed by atoms with Crippen molar-refractivity contribution in [3.05, 3.63) is 41.7 Å². The number of carbonyl (C=O) groups excluding carboxylic acids is 1. The molecule has 3 rings (SSSR count). The first kappa shape index (κ1) is 20.7. The van der Waals surface area contributed by atoms with Crippen LogP contribution in [0.15, 0.2) is 30.3 Å². The summed E-state index contributed by atoms with van der Waals surface area (Å²) in [4.78, 5) is 25.2. The van der Waals surface area contributed by atoms with Gasteiger partial charge in [0.25, 0.3) is 5.91 Å². The summed E-state index contributed by atoms with van der Waals surface area (Å²) < 4.78 is 40.6. The summed E-state index contributed by atoms with van der Waals surface area (Å²) in [7, 11) is 0. The number of nitrogens with zero attached hydrogens (tertiary/aromatic N) is 4. The van der Waals surface area contributed by atoms with Crippen molar-refractivity contribution in [2.24, 2.45) is 0 Å². The number of aromatic nitrogens is 2.